The zero-order valence-electron chi connectivity index (χ0n) is 26.9. The SMILES string of the molecule is CCCCCCCCCCCC[C@@H](O)[C@H]1CC[C@H]([C@H](O)CCCCCCCCCCCCC2=C[C@H](C(F)(F)F)OC2=O)O1. The lowest BCUT2D eigenvalue weighted by atomic mass is 10.00. The number of carbonyl (C=O) groups is 1. The predicted molar refractivity (Wildman–Crippen MR) is 166 cm³/mol. The molecule has 0 aromatic rings. The summed E-state index contributed by atoms with van der Waals surface area (Å²) in [4.78, 5) is 11.6. The number of hydrogen-bond donors (Lipinski definition) is 2. The van der Waals surface area contributed by atoms with Gasteiger partial charge in [-0.05, 0) is 44.6 Å². The molecule has 5 nitrogen and oxygen atoms in total. The summed E-state index contributed by atoms with van der Waals surface area (Å²) in [6, 6.07) is 0. The second kappa shape index (κ2) is 22.4. The molecule has 0 aliphatic carbocycles. The second-order valence-corrected chi connectivity index (χ2v) is 13.0. The van der Waals surface area contributed by atoms with E-state index in [-0.39, 0.29) is 17.8 Å². The van der Waals surface area contributed by atoms with E-state index >= 15 is 0 Å². The minimum atomic E-state index is -4.53. The van der Waals surface area contributed by atoms with Crippen molar-refractivity contribution in [3.63, 3.8) is 0 Å². The van der Waals surface area contributed by atoms with E-state index in [4.69, 9.17) is 4.74 Å². The van der Waals surface area contributed by atoms with Gasteiger partial charge in [0.1, 0.15) is 0 Å². The van der Waals surface area contributed by atoms with Crippen molar-refractivity contribution in [2.45, 2.75) is 204 Å². The molecule has 0 amide bonds. The van der Waals surface area contributed by atoms with Crippen molar-refractivity contribution < 1.29 is 37.7 Å². The summed E-state index contributed by atoms with van der Waals surface area (Å²) < 4.78 is 48.4. The molecular weight excluding hydrogens is 557 g/mol. The van der Waals surface area contributed by atoms with Gasteiger partial charge < -0.3 is 19.7 Å². The summed E-state index contributed by atoms with van der Waals surface area (Å²) in [5, 5.41) is 21.2. The van der Waals surface area contributed by atoms with Crippen molar-refractivity contribution in [1.82, 2.24) is 0 Å². The number of carbonyl (C=O) groups excluding carboxylic acids is 1. The fourth-order valence-electron chi connectivity index (χ4n) is 6.37. The number of aliphatic hydroxyl groups is 2. The Balaban J connectivity index is 1.37. The summed E-state index contributed by atoms with van der Waals surface area (Å²) in [6.45, 7) is 2.25. The third kappa shape index (κ3) is 16.7. The number of esters is 1. The molecule has 1 saturated heterocycles. The third-order valence-corrected chi connectivity index (χ3v) is 9.16. The molecule has 43 heavy (non-hydrogen) atoms. The fraction of sp³-hybridized carbons (Fsp3) is 0.914. The van der Waals surface area contributed by atoms with Crippen LogP contribution in [0.1, 0.15) is 167 Å². The second-order valence-electron chi connectivity index (χ2n) is 13.0. The number of halogens is 3. The zero-order valence-corrected chi connectivity index (χ0v) is 26.9. The minimum Gasteiger partial charge on any atom is -0.445 e. The van der Waals surface area contributed by atoms with E-state index in [9.17, 15) is 28.2 Å². The van der Waals surface area contributed by atoms with Crippen LogP contribution in [0.15, 0.2) is 11.6 Å². The molecule has 2 heterocycles. The Bertz CT molecular complexity index is 756. The highest BCUT2D eigenvalue weighted by Gasteiger charge is 2.45. The summed E-state index contributed by atoms with van der Waals surface area (Å²) >= 11 is 0. The molecule has 8 heteroatoms. The molecule has 0 spiro atoms. The molecule has 0 saturated carbocycles. The lowest BCUT2D eigenvalue weighted by Crippen LogP contribution is -2.31. The predicted octanol–water partition coefficient (Wildman–Crippen LogP) is 9.66. The van der Waals surface area contributed by atoms with E-state index < -0.39 is 30.5 Å². The van der Waals surface area contributed by atoms with Crippen molar-refractivity contribution in [2.75, 3.05) is 0 Å². The quantitative estimate of drug-likeness (QED) is 0.0746. The van der Waals surface area contributed by atoms with Gasteiger partial charge in [0, 0.05) is 5.57 Å². The number of aliphatic hydroxyl groups excluding tert-OH is 2. The Hall–Kier alpha value is -1.12. The maximum absolute atomic E-state index is 12.6. The highest BCUT2D eigenvalue weighted by molar-refractivity contribution is 5.90. The monoisotopic (exact) mass is 618 g/mol. The molecule has 2 rings (SSSR count). The molecule has 2 aliphatic heterocycles. The minimum absolute atomic E-state index is 0.128. The highest BCUT2D eigenvalue weighted by Crippen LogP contribution is 2.31. The third-order valence-electron chi connectivity index (χ3n) is 9.16. The zero-order chi connectivity index (χ0) is 31.3. The van der Waals surface area contributed by atoms with Crippen LogP contribution in [0.3, 0.4) is 0 Å². The van der Waals surface area contributed by atoms with Gasteiger partial charge in [-0.3, -0.25) is 0 Å². The molecule has 252 valence electrons. The number of rotatable bonds is 26. The van der Waals surface area contributed by atoms with Gasteiger partial charge in [0.15, 0.2) is 0 Å². The molecule has 5 atom stereocenters. The average molecular weight is 619 g/mol. The van der Waals surface area contributed by atoms with Crippen LogP contribution in [-0.2, 0) is 14.3 Å². The van der Waals surface area contributed by atoms with Crippen molar-refractivity contribution in [2.24, 2.45) is 0 Å². The van der Waals surface area contributed by atoms with Crippen LogP contribution in [0, 0.1) is 0 Å². The fourth-order valence-corrected chi connectivity index (χ4v) is 6.37. The Morgan fingerprint density at radius 1 is 0.698 bits per heavy atom. The molecule has 1 fully saturated rings. The van der Waals surface area contributed by atoms with Gasteiger partial charge in [-0.15, -0.1) is 0 Å². The van der Waals surface area contributed by atoms with Gasteiger partial charge in [-0.25, -0.2) is 4.79 Å². The number of ether oxygens (including phenoxy) is 2. The lowest BCUT2D eigenvalue weighted by molar-refractivity contribution is -0.201. The Labute approximate surface area is 259 Å². The number of cyclic esters (lactones) is 1. The van der Waals surface area contributed by atoms with Gasteiger partial charge in [0.05, 0.1) is 24.4 Å². The van der Waals surface area contributed by atoms with Crippen LogP contribution >= 0.6 is 0 Å². The van der Waals surface area contributed by atoms with E-state index in [1.54, 1.807) is 0 Å². The van der Waals surface area contributed by atoms with Crippen LogP contribution in [0.25, 0.3) is 0 Å². The maximum Gasteiger partial charge on any atom is 0.429 e. The molecular formula is C35H61F3O5. The molecule has 0 aromatic carbocycles. The average Bonchev–Trinajstić information content (AvgIpc) is 3.62. The number of hydrogen-bond acceptors (Lipinski definition) is 5. The lowest BCUT2D eigenvalue weighted by Gasteiger charge is -2.22. The Kier molecular flexibility index (Phi) is 19.8. The topological polar surface area (TPSA) is 76.0 Å². The molecule has 0 aromatic heterocycles. The van der Waals surface area contributed by atoms with Crippen molar-refractivity contribution in [3.8, 4) is 0 Å². The summed E-state index contributed by atoms with van der Waals surface area (Å²) in [7, 11) is 0. The van der Waals surface area contributed by atoms with E-state index in [2.05, 4.69) is 11.7 Å². The first-order valence-electron chi connectivity index (χ1n) is 17.7. The van der Waals surface area contributed by atoms with Crippen LogP contribution in [0.2, 0.25) is 0 Å². The molecule has 0 radical (unpaired) electrons. The Morgan fingerprint density at radius 2 is 1.09 bits per heavy atom. The van der Waals surface area contributed by atoms with Crippen molar-refractivity contribution >= 4 is 5.97 Å². The largest absolute Gasteiger partial charge is 0.445 e. The normalized spacial score (nSPS) is 22.1. The first-order valence-corrected chi connectivity index (χ1v) is 17.7. The van der Waals surface area contributed by atoms with Crippen LogP contribution in [0.4, 0.5) is 13.2 Å². The Morgan fingerprint density at radius 3 is 1.49 bits per heavy atom. The summed E-state index contributed by atoms with van der Waals surface area (Å²) in [5.74, 6) is -0.830. The van der Waals surface area contributed by atoms with E-state index in [0.29, 0.717) is 12.8 Å². The first-order chi connectivity index (χ1) is 20.7. The van der Waals surface area contributed by atoms with Crippen molar-refractivity contribution in [1.29, 1.82) is 0 Å². The van der Waals surface area contributed by atoms with E-state index in [1.165, 1.54) is 64.2 Å². The molecule has 0 unspecified atom stereocenters. The van der Waals surface area contributed by atoms with Gasteiger partial charge in [0.25, 0.3) is 0 Å². The van der Waals surface area contributed by atoms with Crippen LogP contribution in [0.5, 0.6) is 0 Å². The van der Waals surface area contributed by atoms with Crippen molar-refractivity contribution in [3.05, 3.63) is 11.6 Å². The van der Waals surface area contributed by atoms with Gasteiger partial charge in [0.2, 0.25) is 6.10 Å². The van der Waals surface area contributed by atoms with E-state index in [0.717, 1.165) is 89.5 Å². The molecule has 0 bridgehead atoms. The maximum atomic E-state index is 12.6. The number of unbranched alkanes of at least 4 members (excludes halogenated alkanes) is 18. The van der Waals surface area contributed by atoms with Gasteiger partial charge in [-0.1, -0.05) is 129 Å². The van der Waals surface area contributed by atoms with Crippen LogP contribution in [-0.4, -0.2) is 52.9 Å². The molecule has 2 aliphatic rings. The first kappa shape index (κ1) is 38.1. The number of alkyl halides is 3. The summed E-state index contributed by atoms with van der Waals surface area (Å²) in [5.41, 5.74) is 0.156. The van der Waals surface area contributed by atoms with Gasteiger partial charge >= 0.3 is 12.1 Å². The summed E-state index contributed by atoms with van der Waals surface area (Å²) in [6.07, 6.45) is 20.1. The smallest absolute Gasteiger partial charge is 0.429 e. The van der Waals surface area contributed by atoms with E-state index in [1.807, 2.05) is 0 Å². The van der Waals surface area contributed by atoms with Gasteiger partial charge in [-0.2, -0.15) is 13.2 Å². The highest BCUT2D eigenvalue weighted by atomic mass is 19.4. The van der Waals surface area contributed by atoms with Crippen LogP contribution < -0.4 is 0 Å². The standard InChI is InChI=1S/C35H61F3O5/c1-2-3-4-5-6-7-11-14-17-20-23-29(39)31-25-26-32(42-31)30(40)24-21-18-15-12-9-8-10-13-16-19-22-28-27-33(35(36,37)38)43-34(28)41/h27,29-33,39-40H,2-26H2,1H3/t29-,30-,31-,32-,33-/m1/s1. The molecule has 2 N–H and O–H groups in total.